The Morgan fingerprint density at radius 2 is 1.72 bits per heavy atom. The van der Waals surface area contributed by atoms with Gasteiger partial charge in [0.1, 0.15) is 18.3 Å². The Morgan fingerprint density at radius 3 is 2.16 bits per heavy atom. The fourth-order valence-corrected chi connectivity index (χ4v) is 3.75. The van der Waals surface area contributed by atoms with E-state index in [1.54, 1.807) is 0 Å². The molecular weight excluding hydrogens is 469 g/mol. The molecule has 0 aliphatic carbocycles. The lowest BCUT2D eigenvalue weighted by Crippen LogP contribution is -2.74. The number of ether oxygens (including phenoxy) is 5. The average molecular weight is 492 g/mol. The van der Waals surface area contributed by atoms with Crippen LogP contribution in [0.1, 0.15) is 20.8 Å². The first kappa shape index (κ1) is 26.5. The summed E-state index contributed by atoms with van der Waals surface area (Å²) in [5.41, 5.74) is 3.18. The molecule has 0 spiro atoms. The van der Waals surface area contributed by atoms with Crippen molar-refractivity contribution in [2.45, 2.75) is 68.4 Å². The normalized spacial score (nSPS) is 37.8. The highest BCUT2D eigenvalue weighted by Crippen LogP contribution is 2.44. The Bertz CT molecular complexity index is 869. The minimum absolute atomic E-state index is 0.576. The summed E-state index contributed by atoms with van der Waals surface area (Å²) in [6.07, 6.45) is -5.63. The predicted molar refractivity (Wildman–Crippen MR) is 96.9 cm³/mol. The first-order valence-electron chi connectivity index (χ1n) is 9.03. The zero-order chi connectivity index (χ0) is 24.5. The highest BCUT2D eigenvalue weighted by atomic mass is 32.2. The number of fused-ring (bicyclic) bond motifs is 1. The molecule has 1 N–H and O–H groups in total. The van der Waals surface area contributed by atoms with Crippen LogP contribution < -0.4 is 5.32 Å². The molecule has 0 aromatic carbocycles. The van der Waals surface area contributed by atoms with Crippen molar-refractivity contribution < 1.29 is 54.3 Å². The number of methoxy groups -OCH3 is 2. The van der Waals surface area contributed by atoms with Gasteiger partial charge in [-0.05, 0) is 19.4 Å². The van der Waals surface area contributed by atoms with Crippen LogP contribution in [-0.2, 0) is 42.8 Å². The standard InChI is InChI=1S/C15H23F3N4O9S/c1-7(23)20-9-11-10(30-13(2,26-4)14(3,27-5)31-11)8(29-12(9)21-22-19)6-28-32(24,25)15(16,17)18/h8-12H,6H2,1-5H3,(H,20,23)/t8-,9-,10-,11-,12-,13?,14?/m1/s1. The predicted octanol–water partition coefficient (Wildman–Crippen LogP) is 0.902. The maximum atomic E-state index is 12.7. The monoisotopic (exact) mass is 492 g/mol. The van der Waals surface area contributed by atoms with Gasteiger partial charge in [0, 0.05) is 26.1 Å². The molecule has 0 aromatic heterocycles. The van der Waals surface area contributed by atoms with Crippen molar-refractivity contribution in [2.75, 3.05) is 20.8 Å². The number of alkyl halides is 3. The van der Waals surface area contributed by atoms with E-state index < -0.39 is 70.3 Å². The smallest absolute Gasteiger partial charge is 0.361 e. The van der Waals surface area contributed by atoms with Crippen LogP contribution in [0.5, 0.6) is 0 Å². The molecule has 32 heavy (non-hydrogen) atoms. The van der Waals surface area contributed by atoms with Crippen LogP contribution in [-0.4, -0.2) is 82.8 Å². The van der Waals surface area contributed by atoms with Gasteiger partial charge < -0.3 is 29.0 Å². The van der Waals surface area contributed by atoms with Crippen LogP contribution in [0.3, 0.4) is 0 Å². The Hall–Kier alpha value is -1.72. The molecule has 0 radical (unpaired) electrons. The van der Waals surface area contributed by atoms with E-state index in [1.165, 1.54) is 28.1 Å². The van der Waals surface area contributed by atoms with Gasteiger partial charge in [0.05, 0.1) is 12.6 Å². The second kappa shape index (κ2) is 9.26. The van der Waals surface area contributed by atoms with Crippen LogP contribution in [0, 0.1) is 0 Å². The molecule has 2 aliphatic rings. The first-order valence-corrected chi connectivity index (χ1v) is 10.4. The molecule has 0 saturated carbocycles. The van der Waals surface area contributed by atoms with Gasteiger partial charge in [-0.1, -0.05) is 5.11 Å². The molecule has 184 valence electrons. The Balaban J connectivity index is 2.48. The molecule has 0 aromatic rings. The maximum absolute atomic E-state index is 12.7. The minimum Gasteiger partial charge on any atom is -0.361 e. The molecule has 2 aliphatic heterocycles. The molecule has 2 rings (SSSR count). The Morgan fingerprint density at radius 1 is 1.19 bits per heavy atom. The van der Waals surface area contributed by atoms with E-state index in [-0.39, 0.29) is 0 Å². The van der Waals surface area contributed by atoms with E-state index in [9.17, 15) is 26.4 Å². The molecule has 2 heterocycles. The topological polar surface area (TPSA) is 167 Å². The summed E-state index contributed by atoms with van der Waals surface area (Å²) in [6.45, 7) is 2.84. The lowest BCUT2D eigenvalue weighted by molar-refractivity contribution is -0.466. The summed E-state index contributed by atoms with van der Waals surface area (Å²) < 4.78 is 92.9. The number of azide groups is 1. The zero-order valence-electron chi connectivity index (χ0n) is 17.7. The molecule has 13 nitrogen and oxygen atoms in total. The van der Waals surface area contributed by atoms with Gasteiger partial charge in [0.2, 0.25) is 17.5 Å². The highest BCUT2D eigenvalue weighted by molar-refractivity contribution is 7.87. The van der Waals surface area contributed by atoms with E-state index in [4.69, 9.17) is 29.2 Å². The molecule has 7 atom stereocenters. The molecule has 2 saturated heterocycles. The van der Waals surface area contributed by atoms with Crippen LogP contribution >= 0.6 is 0 Å². The van der Waals surface area contributed by atoms with Crippen molar-refractivity contribution >= 4 is 16.0 Å². The van der Waals surface area contributed by atoms with E-state index in [0.717, 1.165) is 6.92 Å². The summed E-state index contributed by atoms with van der Waals surface area (Å²) in [7, 11) is -3.44. The third-order valence-electron chi connectivity index (χ3n) is 5.20. The SMILES string of the molecule is COC1(C)O[C@@H]2[C@@H](NC(C)=O)[C@H](N=[N+]=[N-])O[C@H](COS(=O)(=O)C(F)(F)F)[C@H]2OC1(C)OC. The molecule has 17 heteroatoms. The Labute approximate surface area is 181 Å². The van der Waals surface area contributed by atoms with Crippen molar-refractivity contribution in [3.63, 3.8) is 0 Å². The summed E-state index contributed by atoms with van der Waals surface area (Å²) >= 11 is 0. The van der Waals surface area contributed by atoms with E-state index >= 15 is 0 Å². The summed E-state index contributed by atoms with van der Waals surface area (Å²) in [4.78, 5) is 14.3. The van der Waals surface area contributed by atoms with Crippen LogP contribution in [0.2, 0.25) is 0 Å². The van der Waals surface area contributed by atoms with Gasteiger partial charge >= 0.3 is 15.6 Å². The fraction of sp³-hybridized carbons (Fsp3) is 0.933. The maximum Gasteiger partial charge on any atom is 0.523 e. The third-order valence-corrected chi connectivity index (χ3v) is 6.21. The number of halogens is 3. The molecule has 2 unspecified atom stereocenters. The van der Waals surface area contributed by atoms with Gasteiger partial charge in [0.15, 0.2) is 6.23 Å². The second-order valence-corrected chi connectivity index (χ2v) is 8.75. The zero-order valence-corrected chi connectivity index (χ0v) is 18.5. The van der Waals surface area contributed by atoms with E-state index in [1.807, 2.05) is 0 Å². The number of carbonyl (C=O) groups excluding carboxylic acids is 1. The van der Waals surface area contributed by atoms with Gasteiger partial charge in [0.25, 0.3) is 0 Å². The second-order valence-electron chi connectivity index (χ2n) is 7.15. The van der Waals surface area contributed by atoms with Crippen LogP contribution in [0.25, 0.3) is 10.4 Å². The third kappa shape index (κ3) is 4.94. The van der Waals surface area contributed by atoms with Gasteiger partial charge in [-0.15, -0.1) is 0 Å². The largest absolute Gasteiger partial charge is 0.523 e. The molecular formula is C15H23F3N4O9S. The lowest BCUT2D eigenvalue weighted by atomic mass is 9.92. The number of hydrogen-bond donors (Lipinski definition) is 1. The number of rotatable bonds is 7. The molecule has 1 amide bonds. The van der Waals surface area contributed by atoms with E-state index in [0.29, 0.717) is 0 Å². The first-order chi connectivity index (χ1) is 14.6. The quantitative estimate of drug-likeness (QED) is 0.178. The van der Waals surface area contributed by atoms with Crippen molar-refractivity contribution in [1.29, 1.82) is 0 Å². The van der Waals surface area contributed by atoms with Gasteiger partial charge in [-0.2, -0.15) is 21.6 Å². The molecule has 2 fully saturated rings. The van der Waals surface area contributed by atoms with Crippen molar-refractivity contribution in [2.24, 2.45) is 5.11 Å². The van der Waals surface area contributed by atoms with Crippen LogP contribution in [0.4, 0.5) is 13.2 Å². The van der Waals surface area contributed by atoms with E-state index in [2.05, 4.69) is 19.5 Å². The van der Waals surface area contributed by atoms with Crippen molar-refractivity contribution in [3.8, 4) is 0 Å². The number of carbonyl (C=O) groups is 1. The van der Waals surface area contributed by atoms with Gasteiger partial charge in [-0.3, -0.25) is 8.98 Å². The van der Waals surface area contributed by atoms with Crippen molar-refractivity contribution in [3.05, 3.63) is 10.4 Å². The highest BCUT2D eigenvalue weighted by Gasteiger charge is 2.62. The summed E-state index contributed by atoms with van der Waals surface area (Å²) in [5, 5.41) is 5.86. The Kier molecular flexibility index (Phi) is 7.68. The summed E-state index contributed by atoms with van der Waals surface area (Å²) in [5.74, 6) is -3.84. The summed E-state index contributed by atoms with van der Waals surface area (Å²) in [6, 6.07) is -1.18. The number of hydrogen-bond acceptors (Lipinski definition) is 10. The minimum atomic E-state index is -5.96. The number of nitrogens with zero attached hydrogens (tertiary/aromatic N) is 3. The number of nitrogens with one attached hydrogen (secondary N) is 1. The average Bonchev–Trinajstić information content (AvgIpc) is 2.69. The van der Waals surface area contributed by atoms with Gasteiger partial charge in [-0.25, -0.2) is 0 Å². The number of amides is 1. The van der Waals surface area contributed by atoms with Crippen molar-refractivity contribution in [1.82, 2.24) is 5.32 Å². The fourth-order valence-electron chi connectivity index (χ4n) is 3.30. The lowest BCUT2D eigenvalue weighted by Gasteiger charge is -2.57. The van der Waals surface area contributed by atoms with Crippen LogP contribution in [0.15, 0.2) is 5.11 Å². The molecule has 0 bridgehead atoms.